The molecule has 3 N–H and O–H groups in total. The molecule has 6 rings (SSSR count). The Morgan fingerprint density at radius 1 is 0.951 bits per heavy atom. The van der Waals surface area contributed by atoms with E-state index in [0.717, 1.165) is 38.9 Å². The van der Waals surface area contributed by atoms with Gasteiger partial charge in [0, 0.05) is 20.3 Å². The molecule has 3 saturated heterocycles. The lowest BCUT2D eigenvalue weighted by Crippen LogP contribution is -2.66. The van der Waals surface area contributed by atoms with Gasteiger partial charge in [-0.05, 0) is 92.3 Å². The smallest absolute Gasteiger partial charge is 0.187 e. The average molecular weight is 583 g/mol. The van der Waals surface area contributed by atoms with E-state index in [1.54, 1.807) is 21.0 Å². The second kappa shape index (κ2) is 11.2. The first kappa shape index (κ1) is 30.7. The van der Waals surface area contributed by atoms with Gasteiger partial charge in [-0.3, -0.25) is 0 Å². The third kappa shape index (κ3) is 5.03. The van der Waals surface area contributed by atoms with Crippen LogP contribution in [0.4, 0.5) is 0 Å². The van der Waals surface area contributed by atoms with Gasteiger partial charge in [-0.2, -0.15) is 0 Å². The molecule has 6 aliphatic rings. The molecule has 0 spiro atoms. The number of rotatable bonds is 5. The molecular weight excluding hydrogens is 528 g/mol. The van der Waals surface area contributed by atoms with Crippen LogP contribution in [0.3, 0.4) is 0 Å². The van der Waals surface area contributed by atoms with Gasteiger partial charge in [0.25, 0.3) is 0 Å². The van der Waals surface area contributed by atoms with Gasteiger partial charge < -0.3 is 43.7 Å². The van der Waals surface area contributed by atoms with E-state index in [4.69, 9.17) is 28.4 Å². The van der Waals surface area contributed by atoms with E-state index in [1.807, 2.05) is 0 Å². The van der Waals surface area contributed by atoms with Crippen LogP contribution in [-0.4, -0.2) is 97.1 Å². The quantitative estimate of drug-likeness (QED) is 0.450. The fraction of sp³-hybridized carbons (Fsp3) is 1.00. The van der Waals surface area contributed by atoms with E-state index in [0.29, 0.717) is 35.5 Å². The first-order valence-corrected chi connectivity index (χ1v) is 16.2. The van der Waals surface area contributed by atoms with E-state index in [2.05, 4.69) is 27.7 Å². The van der Waals surface area contributed by atoms with Gasteiger partial charge in [-0.1, -0.05) is 27.7 Å². The molecule has 6 fully saturated rings. The summed E-state index contributed by atoms with van der Waals surface area (Å²) in [6.07, 6.45) is -1.97. The Morgan fingerprint density at radius 2 is 1.71 bits per heavy atom. The molecule has 9 nitrogen and oxygen atoms in total. The van der Waals surface area contributed by atoms with Crippen molar-refractivity contribution >= 4 is 0 Å². The van der Waals surface area contributed by atoms with Crippen LogP contribution in [0.25, 0.3) is 0 Å². The highest BCUT2D eigenvalue weighted by atomic mass is 16.8. The van der Waals surface area contributed by atoms with Gasteiger partial charge in [-0.25, -0.2) is 0 Å². The number of fused-ring (bicyclic) bond motifs is 5. The number of aliphatic hydroxyl groups excluding tert-OH is 3. The number of hydrogen-bond acceptors (Lipinski definition) is 9. The molecule has 3 heterocycles. The molecule has 0 aromatic heterocycles. The number of methoxy groups -OCH3 is 1. The predicted octanol–water partition coefficient (Wildman–Crippen LogP) is 2.97. The van der Waals surface area contributed by atoms with E-state index in [1.165, 1.54) is 0 Å². The predicted molar refractivity (Wildman–Crippen MR) is 150 cm³/mol. The maximum Gasteiger partial charge on any atom is 0.187 e. The fourth-order valence-electron chi connectivity index (χ4n) is 10.4. The third-order valence-electron chi connectivity index (χ3n) is 12.2. The minimum absolute atomic E-state index is 0.00319. The summed E-state index contributed by atoms with van der Waals surface area (Å²) in [6.45, 7) is 14.4. The topological polar surface area (TPSA) is 116 Å². The van der Waals surface area contributed by atoms with Gasteiger partial charge in [0.15, 0.2) is 12.1 Å². The first-order valence-electron chi connectivity index (χ1n) is 16.2. The van der Waals surface area contributed by atoms with Gasteiger partial charge in [0.2, 0.25) is 0 Å². The van der Waals surface area contributed by atoms with E-state index in [-0.39, 0.29) is 30.0 Å². The highest BCUT2D eigenvalue weighted by Gasteiger charge is 2.67. The Hall–Kier alpha value is -0.360. The molecule has 3 saturated carbocycles. The summed E-state index contributed by atoms with van der Waals surface area (Å²) in [5.41, 5.74) is -0.219. The van der Waals surface area contributed by atoms with Crippen LogP contribution in [0.2, 0.25) is 0 Å². The first-order chi connectivity index (χ1) is 19.4. The Balaban J connectivity index is 1.36. The summed E-state index contributed by atoms with van der Waals surface area (Å²) in [5.74, 6) is 1.45. The van der Waals surface area contributed by atoms with Crippen LogP contribution in [0.15, 0.2) is 0 Å². The second-order valence-electron chi connectivity index (χ2n) is 15.2. The highest BCUT2D eigenvalue weighted by molar-refractivity contribution is 5.14. The normalized spacial score (nSPS) is 54.7. The Bertz CT molecular complexity index is 927. The van der Waals surface area contributed by atoms with Crippen molar-refractivity contribution in [3.05, 3.63) is 0 Å². The number of hydrogen-bond donors (Lipinski definition) is 3. The van der Waals surface area contributed by atoms with Crippen LogP contribution in [0, 0.1) is 52.8 Å². The zero-order valence-electron chi connectivity index (χ0n) is 26.0. The van der Waals surface area contributed by atoms with E-state index in [9.17, 15) is 15.3 Å². The molecule has 0 unspecified atom stereocenters. The molecule has 0 aromatic rings. The molecule has 0 aromatic carbocycles. The molecule has 0 amide bonds. The van der Waals surface area contributed by atoms with Gasteiger partial charge in [0.05, 0.1) is 24.9 Å². The summed E-state index contributed by atoms with van der Waals surface area (Å²) < 4.78 is 37.1. The maximum absolute atomic E-state index is 12.3. The lowest BCUT2D eigenvalue weighted by molar-refractivity contribution is -0.391. The molecule has 16 atom stereocenters. The fourth-order valence-corrected chi connectivity index (χ4v) is 10.4. The van der Waals surface area contributed by atoms with Crippen LogP contribution in [-0.2, 0) is 28.4 Å². The lowest BCUT2D eigenvalue weighted by atomic mass is 9.59. The molecule has 41 heavy (non-hydrogen) atoms. The van der Waals surface area contributed by atoms with Crippen molar-refractivity contribution in [3.63, 3.8) is 0 Å². The molecule has 0 bridgehead atoms. The molecule has 0 radical (unpaired) electrons. The number of ether oxygens (including phenoxy) is 6. The largest absolute Gasteiger partial charge is 0.390 e. The SMILES string of the molecule is COC[C@H]1CC[C@H]2[C@@H](C)[C@@H](O)[C@H](O[C@H]3O[C@@H]4COC(C)(C)O[C@H]4[C@H](O)[C@H]3O)[C@@H]3[C@@H](C(C)C)[C@@H]4CCO[C@@H]4[C@]3(C)C[C@H]12. The maximum atomic E-state index is 12.3. The third-order valence-corrected chi connectivity index (χ3v) is 12.2. The van der Waals surface area contributed by atoms with Gasteiger partial charge in [-0.15, -0.1) is 0 Å². The Kier molecular flexibility index (Phi) is 8.39. The van der Waals surface area contributed by atoms with Crippen LogP contribution < -0.4 is 0 Å². The van der Waals surface area contributed by atoms with Crippen molar-refractivity contribution in [3.8, 4) is 0 Å². The second-order valence-corrected chi connectivity index (χ2v) is 15.2. The Morgan fingerprint density at radius 3 is 2.41 bits per heavy atom. The lowest BCUT2D eigenvalue weighted by Gasteiger charge is -2.53. The molecule has 236 valence electrons. The van der Waals surface area contributed by atoms with Gasteiger partial charge >= 0.3 is 0 Å². The molecule has 3 aliphatic heterocycles. The van der Waals surface area contributed by atoms with Crippen molar-refractivity contribution < 1.29 is 43.7 Å². The summed E-state index contributed by atoms with van der Waals surface area (Å²) in [5, 5.41) is 34.7. The van der Waals surface area contributed by atoms with Crippen molar-refractivity contribution in [2.45, 2.75) is 122 Å². The van der Waals surface area contributed by atoms with Crippen molar-refractivity contribution in [2.75, 3.05) is 26.9 Å². The zero-order valence-corrected chi connectivity index (χ0v) is 26.0. The molecule has 9 heteroatoms. The minimum Gasteiger partial charge on any atom is -0.390 e. The summed E-state index contributed by atoms with van der Waals surface area (Å²) >= 11 is 0. The van der Waals surface area contributed by atoms with Crippen molar-refractivity contribution in [2.24, 2.45) is 52.8 Å². The molecular formula is C32H54O9. The van der Waals surface area contributed by atoms with E-state index < -0.39 is 48.7 Å². The zero-order chi connectivity index (χ0) is 29.4. The van der Waals surface area contributed by atoms with Crippen LogP contribution in [0.1, 0.15) is 67.2 Å². The average Bonchev–Trinajstić information content (AvgIpc) is 3.60. The minimum atomic E-state index is -1.32. The molecule has 3 aliphatic carbocycles. The van der Waals surface area contributed by atoms with Crippen molar-refractivity contribution in [1.29, 1.82) is 0 Å². The summed E-state index contributed by atoms with van der Waals surface area (Å²) in [4.78, 5) is 0. The van der Waals surface area contributed by atoms with E-state index >= 15 is 0 Å². The summed E-state index contributed by atoms with van der Waals surface area (Å²) in [6, 6.07) is 0. The van der Waals surface area contributed by atoms with Crippen molar-refractivity contribution in [1.82, 2.24) is 0 Å². The van der Waals surface area contributed by atoms with Crippen LogP contribution >= 0.6 is 0 Å². The van der Waals surface area contributed by atoms with Crippen LogP contribution in [0.5, 0.6) is 0 Å². The Labute approximate surface area is 245 Å². The monoisotopic (exact) mass is 582 g/mol. The summed E-state index contributed by atoms with van der Waals surface area (Å²) in [7, 11) is 1.79. The van der Waals surface area contributed by atoms with Gasteiger partial charge in [0.1, 0.15) is 24.4 Å². The number of aliphatic hydroxyl groups is 3. The highest BCUT2D eigenvalue weighted by Crippen LogP contribution is 2.65. The standard InChI is InChI=1S/C32H54O9/c1-15(2)22-19-10-11-37-29(19)32(6)12-20-17(13-36-7)8-9-18(20)16(3)24(33)28(23(22)32)40-30-26(35)25(34)27-21(39-30)14-38-31(4,5)41-27/h15-30,33-35H,8-14H2,1-7H3/t16-,17-,18+,19+,20-,21-,22+,23+,24-,25-,26-,27-,28-,29+,30-,32-/m1/s1.